The van der Waals surface area contributed by atoms with E-state index in [0.717, 1.165) is 40.8 Å². The molecule has 1 amide bonds. The van der Waals surface area contributed by atoms with Gasteiger partial charge in [-0.15, -0.1) is 0 Å². The number of piperidine rings is 1. The Balaban J connectivity index is 0.000000384. The molecule has 1 fully saturated rings. The number of hydrogen-bond donors (Lipinski definition) is 1. The molecule has 1 aromatic carbocycles. The number of hydrogen-bond acceptors (Lipinski definition) is 5. The summed E-state index contributed by atoms with van der Waals surface area (Å²) >= 11 is 0. The number of halogens is 3. The molecule has 0 bridgehead atoms. The average Bonchev–Trinajstić information content (AvgIpc) is 3.54. The van der Waals surface area contributed by atoms with E-state index >= 15 is 0 Å². The Hall–Kier alpha value is -4.15. The van der Waals surface area contributed by atoms with Crippen LogP contribution in [0.25, 0.3) is 22.3 Å². The van der Waals surface area contributed by atoms with Crippen molar-refractivity contribution < 1.29 is 32.3 Å². The van der Waals surface area contributed by atoms with E-state index in [9.17, 15) is 18.0 Å². The molecule has 8 nitrogen and oxygen atoms in total. The van der Waals surface area contributed by atoms with Crippen LogP contribution in [0.15, 0.2) is 65.5 Å². The molecule has 0 unspecified atom stereocenters. The molecule has 5 rings (SSSR count). The van der Waals surface area contributed by atoms with E-state index in [2.05, 4.69) is 23.2 Å². The summed E-state index contributed by atoms with van der Waals surface area (Å²) in [5.41, 5.74) is 5.08. The van der Waals surface area contributed by atoms with Crippen molar-refractivity contribution in [2.45, 2.75) is 24.9 Å². The first kappa shape index (κ1) is 25.0. The maximum atomic E-state index is 12.5. The fourth-order valence-electron chi connectivity index (χ4n) is 4.09. The topological polar surface area (TPSA) is 101 Å². The summed E-state index contributed by atoms with van der Waals surface area (Å²) in [6, 6.07) is 15.8. The van der Waals surface area contributed by atoms with Crippen molar-refractivity contribution in [3.05, 3.63) is 72.6 Å². The van der Waals surface area contributed by atoms with Gasteiger partial charge in [0, 0.05) is 37.3 Å². The van der Waals surface area contributed by atoms with Gasteiger partial charge in [0.15, 0.2) is 5.76 Å². The maximum Gasteiger partial charge on any atom is 0.490 e. The number of furan rings is 1. The van der Waals surface area contributed by atoms with Crippen LogP contribution in [-0.4, -0.2) is 55.7 Å². The molecular weight excluding hydrogens is 477 g/mol. The molecule has 0 aliphatic carbocycles. The summed E-state index contributed by atoms with van der Waals surface area (Å²) in [5, 5.41) is 7.12. The van der Waals surface area contributed by atoms with Crippen molar-refractivity contribution in [1.82, 2.24) is 19.4 Å². The zero-order valence-electron chi connectivity index (χ0n) is 19.3. The first-order chi connectivity index (χ1) is 17.1. The Morgan fingerprint density at radius 3 is 2.33 bits per heavy atom. The average molecular weight is 500 g/mol. The van der Waals surface area contributed by atoms with E-state index in [0.29, 0.717) is 24.8 Å². The zero-order valence-corrected chi connectivity index (χ0v) is 19.3. The van der Waals surface area contributed by atoms with E-state index < -0.39 is 12.1 Å². The number of rotatable bonds is 3. The van der Waals surface area contributed by atoms with Crippen LogP contribution in [0, 0.1) is 0 Å². The van der Waals surface area contributed by atoms with E-state index in [1.54, 1.807) is 12.1 Å². The highest BCUT2D eigenvalue weighted by atomic mass is 19.4. The Labute approximate surface area is 204 Å². The largest absolute Gasteiger partial charge is 0.490 e. The minimum Gasteiger partial charge on any atom is -0.475 e. The molecule has 1 saturated heterocycles. The second-order valence-electron chi connectivity index (χ2n) is 8.33. The number of fused-ring (bicyclic) bond motifs is 1. The molecule has 3 aromatic heterocycles. The van der Waals surface area contributed by atoms with Crippen LogP contribution < -0.4 is 0 Å². The van der Waals surface area contributed by atoms with Gasteiger partial charge in [-0.3, -0.25) is 9.78 Å². The molecule has 1 N–H and O–H groups in total. The van der Waals surface area contributed by atoms with Gasteiger partial charge in [0.1, 0.15) is 5.52 Å². The van der Waals surface area contributed by atoms with Gasteiger partial charge in [-0.25, -0.2) is 9.78 Å². The van der Waals surface area contributed by atoms with E-state index in [1.807, 2.05) is 41.0 Å². The molecule has 0 atom stereocenters. The monoisotopic (exact) mass is 500 g/mol. The lowest BCUT2D eigenvalue weighted by atomic mass is 9.92. The number of benzene rings is 1. The Morgan fingerprint density at radius 2 is 1.75 bits per heavy atom. The number of nitrogens with zero attached hydrogens (tertiary/aromatic N) is 4. The number of aryl methyl sites for hydroxylation is 1. The third kappa shape index (κ3) is 5.40. The Kier molecular flexibility index (Phi) is 7.09. The molecule has 188 valence electrons. The number of carbonyl (C=O) groups is 2. The van der Waals surface area contributed by atoms with Gasteiger partial charge >= 0.3 is 12.1 Å². The lowest BCUT2D eigenvalue weighted by Gasteiger charge is -2.31. The van der Waals surface area contributed by atoms with Crippen LogP contribution >= 0.6 is 0 Å². The molecule has 1 aliphatic rings. The number of pyridine rings is 1. The number of likely N-dealkylation sites (tertiary alicyclic amines) is 1. The molecule has 0 saturated carbocycles. The highest BCUT2D eigenvalue weighted by Gasteiger charge is 2.38. The number of aliphatic carboxylic acids is 1. The van der Waals surface area contributed by atoms with Crippen LogP contribution in [0.3, 0.4) is 0 Å². The molecule has 0 spiro atoms. The second-order valence-corrected chi connectivity index (χ2v) is 8.33. The third-order valence-electron chi connectivity index (χ3n) is 5.95. The highest BCUT2D eigenvalue weighted by Crippen LogP contribution is 2.33. The number of alkyl halides is 3. The minimum atomic E-state index is -5.08. The quantitative estimate of drug-likeness (QED) is 0.430. The number of imidazole rings is 1. The predicted molar refractivity (Wildman–Crippen MR) is 124 cm³/mol. The SMILES string of the molecule is Cn1cnc2c(-c3ccccc3)nc(C3CCN(C(=O)c4ccco4)CC3)cc21.O=C(O)C(F)(F)F. The fourth-order valence-corrected chi connectivity index (χ4v) is 4.09. The van der Waals surface area contributed by atoms with E-state index in [-0.39, 0.29) is 5.91 Å². The Morgan fingerprint density at radius 1 is 1.08 bits per heavy atom. The van der Waals surface area contributed by atoms with Crippen molar-refractivity contribution in [3.8, 4) is 11.3 Å². The maximum absolute atomic E-state index is 12.5. The third-order valence-corrected chi connectivity index (χ3v) is 5.95. The van der Waals surface area contributed by atoms with Gasteiger partial charge in [-0.1, -0.05) is 30.3 Å². The first-order valence-electron chi connectivity index (χ1n) is 11.2. The summed E-state index contributed by atoms with van der Waals surface area (Å²) < 4.78 is 39.0. The molecular formula is C25H23F3N4O4. The van der Waals surface area contributed by atoms with Crippen molar-refractivity contribution in [1.29, 1.82) is 0 Å². The van der Waals surface area contributed by atoms with E-state index in [1.165, 1.54) is 6.26 Å². The summed E-state index contributed by atoms with van der Waals surface area (Å²) in [6.45, 7) is 1.41. The number of aromatic nitrogens is 3. The minimum absolute atomic E-state index is 0.0338. The summed E-state index contributed by atoms with van der Waals surface area (Å²) in [6.07, 6.45) is 0.0688. The molecule has 4 aromatic rings. The Bertz CT molecular complexity index is 1340. The summed E-state index contributed by atoms with van der Waals surface area (Å²) in [7, 11) is 2.01. The molecule has 1 aliphatic heterocycles. The number of carbonyl (C=O) groups excluding carboxylic acids is 1. The van der Waals surface area contributed by atoms with E-state index in [4.69, 9.17) is 19.3 Å². The lowest BCUT2D eigenvalue weighted by Crippen LogP contribution is -2.37. The number of carboxylic acid groups (broad SMARTS) is 1. The molecule has 4 heterocycles. The normalized spacial score (nSPS) is 14.4. The highest BCUT2D eigenvalue weighted by molar-refractivity contribution is 5.91. The van der Waals surface area contributed by atoms with Crippen molar-refractivity contribution >= 4 is 22.9 Å². The zero-order chi connectivity index (χ0) is 25.9. The second kappa shape index (κ2) is 10.2. The molecule has 36 heavy (non-hydrogen) atoms. The van der Waals surface area contributed by atoms with Gasteiger partial charge in [0.05, 0.1) is 23.8 Å². The first-order valence-corrected chi connectivity index (χ1v) is 11.2. The molecule has 11 heteroatoms. The van der Waals surface area contributed by atoms with Gasteiger partial charge < -0.3 is 19.0 Å². The van der Waals surface area contributed by atoms with Crippen LogP contribution in [-0.2, 0) is 11.8 Å². The smallest absolute Gasteiger partial charge is 0.475 e. The predicted octanol–water partition coefficient (Wildman–Crippen LogP) is 4.88. The van der Waals surface area contributed by atoms with Crippen molar-refractivity contribution in [2.24, 2.45) is 7.05 Å². The van der Waals surface area contributed by atoms with Gasteiger partial charge in [-0.2, -0.15) is 13.2 Å². The van der Waals surface area contributed by atoms with Crippen LogP contribution in [0.4, 0.5) is 13.2 Å². The lowest BCUT2D eigenvalue weighted by molar-refractivity contribution is -0.192. The van der Waals surface area contributed by atoms with Gasteiger partial charge in [0.25, 0.3) is 5.91 Å². The fraction of sp³-hybridized carbons (Fsp3) is 0.280. The van der Waals surface area contributed by atoms with Crippen molar-refractivity contribution in [3.63, 3.8) is 0 Å². The van der Waals surface area contributed by atoms with Crippen LogP contribution in [0.1, 0.15) is 35.0 Å². The van der Waals surface area contributed by atoms with Crippen LogP contribution in [0.2, 0.25) is 0 Å². The number of carboxylic acids is 1. The summed E-state index contributed by atoms with van der Waals surface area (Å²) in [4.78, 5) is 32.9. The van der Waals surface area contributed by atoms with Crippen molar-refractivity contribution in [2.75, 3.05) is 13.1 Å². The number of amides is 1. The van der Waals surface area contributed by atoms with Gasteiger partial charge in [0.2, 0.25) is 0 Å². The summed E-state index contributed by atoms with van der Waals surface area (Å²) in [5.74, 6) is -2.07. The van der Waals surface area contributed by atoms with Crippen LogP contribution in [0.5, 0.6) is 0 Å². The van der Waals surface area contributed by atoms with Gasteiger partial charge in [-0.05, 0) is 31.0 Å². The standard InChI is InChI=1S/C23H22N4O2.C2HF3O2/c1-26-15-24-22-19(26)14-18(25-21(22)17-6-3-2-4-7-17)16-9-11-27(12-10-16)23(28)20-8-5-13-29-20;3-2(4,5)1(6)7/h2-8,13-16H,9-12H2,1H3;(H,6,7). The molecule has 0 radical (unpaired) electrons.